The molecule has 0 saturated heterocycles. The van der Waals surface area contributed by atoms with E-state index in [1.54, 1.807) is 0 Å². The van der Waals surface area contributed by atoms with Crippen LogP contribution < -0.4 is 10.6 Å². The molecule has 1 saturated carbocycles. The van der Waals surface area contributed by atoms with Gasteiger partial charge in [0.25, 0.3) is 5.91 Å². The van der Waals surface area contributed by atoms with Crippen LogP contribution in [0.5, 0.6) is 0 Å². The third-order valence-corrected chi connectivity index (χ3v) is 4.43. The van der Waals surface area contributed by atoms with Crippen molar-refractivity contribution in [3.05, 3.63) is 51.6 Å². The number of nitrogens with zero attached hydrogens (tertiary/aromatic N) is 1. The van der Waals surface area contributed by atoms with Crippen LogP contribution in [0.15, 0.2) is 30.5 Å². The Labute approximate surface area is 158 Å². The maximum atomic E-state index is 12.9. The fourth-order valence-corrected chi connectivity index (χ4v) is 3.06. The molecule has 1 heterocycles. The number of anilines is 2. The van der Waals surface area contributed by atoms with E-state index in [9.17, 15) is 14.0 Å². The molecular formula is C17H14Cl2FN3O3. The number of halogens is 3. The minimum absolute atomic E-state index is 0.0613. The Kier molecular flexibility index (Phi) is 5.41. The molecular weight excluding hydrogens is 384 g/mol. The van der Waals surface area contributed by atoms with E-state index in [2.05, 4.69) is 15.6 Å². The molecule has 2 unspecified atom stereocenters. The summed E-state index contributed by atoms with van der Waals surface area (Å²) in [5.74, 6) is -1.45. The summed E-state index contributed by atoms with van der Waals surface area (Å²) in [6.07, 6.45) is 0.496. The fourth-order valence-electron chi connectivity index (χ4n) is 2.36. The van der Waals surface area contributed by atoms with Gasteiger partial charge in [-0.05, 0) is 30.2 Å². The van der Waals surface area contributed by atoms with E-state index in [0.717, 1.165) is 0 Å². The Hall–Kier alpha value is -2.22. The first-order chi connectivity index (χ1) is 12.4. The van der Waals surface area contributed by atoms with Gasteiger partial charge in [0, 0.05) is 18.0 Å². The highest BCUT2D eigenvalue weighted by Gasteiger charge is 2.43. The predicted molar refractivity (Wildman–Crippen MR) is 96.2 cm³/mol. The smallest absolute Gasteiger partial charge is 0.258 e. The molecule has 0 bridgehead atoms. The summed E-state index contributed by atoms with van der Waals surface area (Å²) in [7, 11) is 0. The summed E-state index contributed by atoms with van der Waals surface area (Å²) < 4.78 is 12.9. The number of rotatable bonds is 5. The lowest BCUT2D eigenvalue weighted by Gasteiger charge is -2.11. The van der Waals surface area contributed by atoms with Crippen molar-refractivity contribution in [1.29, 1.82) is 0 Å². The zero-order chi connectivity index (χ0) is 18.8. The number of hydrogen-bond donors (Lipinski definition) is 3. The molecule has 2 amide bonds. The lowest BCUT2D eigenvalue weighted by Crippen LogP contribution is -2.17. The average Bonchev–Trinajstić information content (AvgIpc) is 3.31. The monoisotopic (exact) mass is 397 g/mol. The molecule has 136 valence electrons. The van der Waals surface area contributed by atoms with Gasteiger partial charge in [0.15, 0.2) is 0 Å². The quantitative estimate of drug-likeness (QED) is 0.720. The van der Waals surface area contributed by atoms with Crippen molar-refractivity contribution in [2.24, 2.45) is 5.92 Å². The van der Waals surface area contributed by atoms with Gasteiger partial charge in [-0.3, -0.25) is 9.59 Å². The van der Waals surface area contributed by atoms with Gasteiger partial charge in [0.2, 0.25) is 5.91 Å². The molecule has 1 fully saturated rings. The third-order valence-electron chi connectivity index (χ3n) is 3.83. The van der Waals surface area contributed by atoms with Gasteiger partial charge in [0.1, 0.15) is 12.0 Å². The molecule has 2 aromatic rings. The van der Waals surface area contributed by atoms with Gasteiger partial charge < -0.3 is 15.7 Å². The number of carbonyl (C=O) groups excluding carboxylic acids is 2. The molecule has 3 rings (SSSR count). The van der Waals surface area contributed by atoms with E-state index in [4.69, 9.17) is 28.3 Å². The third kappa shape index (κ3) is 4.12. The van der Waals surface area contributed by atoms with Crippen LogP contribution in [0.4, 0.5) is 15.9 Å². The van der Waals surface area contributed by atoms with Crippen LogP contribution in [-0.2, 0) is 11.4 Å². The normalized spacial score (nSPS) is 18.3. The highest BCUT2D eigenvalue weighted by atomic mass is 35.5. The molecule has 0 aliphatic heterocycles. The van der Waals surface area contributed by atoms with Crippen molar-refractivity contribution in [3.63, 3.8) is 0 Å². The number of hydrogen-bond acceptors (Lipinski definition) is 4. The van der Waals surface area contributed by atoms with E-state index in [-0.39, 0.29) is 34.5 Å². The van der Waals surface area contributed by atoms with Crippen molar-refractivity contribution in [3.8, 4) is 0 Å². The van der Waals surface area contributed by atoms with E-state index in [1.165, 1.54) is 30.5 Å². The van der Waals surface area contributed by atoms with Crippen molar-refractivity contribution < 1.29 is 19.1 Å². The predicted octanol–water partition coefficient (Wildman–Crippen LogP) is 3.43. The highest BCUT2D eigenvalue weighted by Crippen LogP contribution is 2.34. The van der Waals surface area contributed by atoms with Gasteiger partial charge in [-0.2, -0.15) is 0 Å². The number of nitrogens with one attached hydrogen (secondary N) is 2. The summed E-state index contributed by atoms with van der Waals surface area (Å²) in [5, 5.41) is 14.4. The molecule has 1 aliphatic rings. The Balaban J connectivity index is 1.74. The number of aromatic nitrogens is 1. The zero-order valence-corrected chi connectivity index (χ0v) is 14.8. The molecule has 1 aromatic carbocycles. The number of aliphatic hydroxyl groups is 1. The van der Waals surface area contributed by atoms with Crippen molar-refractivity contribution in [2.45, 2.75) is 19.2 Å². The maximum Gasteiger partial charge on any atom is 0.258 e. The molecule has 2 atom stereocenters. The summed E-state index contributed by atoms with van der Waals surface area (Å²) in [6, 6.07) is 5.86. The minimum Gasteiger partial charge on any atom is -0.392 e. The molecule has 9 heteroatoms. The topological polar surface area (TPSA) is 91.3 Å². The molecule has 6 nitrogen and oxygen atoms in total. The standard InChI is InChI=1S/C17H14Cl2FN3O3/c18-11-3-8(7-24)4-12(19)15(11)17(26)22-9-1-2-21-14(5-9)23-16(25)10-6-13(10)20/h1-5,10,13,24H,6-7H2,(H2,21,22,23,25,26). The second kappa shape index (κ2) is 7.57. The molecule has 0 spiro atoms. The SMILES string of the molecule is O=C(Nc1ccnc(NC(=O)C2CC2F)c1)c1c(Cl)cc(CO)cc1Cl. The molecule has 0 radical (unpaired) electrons. The number of carbonyl (C=O) groups is 2. The van der Waals surface area contributed by atoms with Gasteiger partial charge in [0.05, 0.1) is 28.1 Å². The van der Waals surface area contributed by atoms with Crippen molar-refractivity contribution in [1.82, 2.24) is 4.98 Å². The zero-order valence-electron chi connectivity index (χ0n) is 13.3. The largest absolute Gasteiger partial charge is 0.392 e. The number of aliphatic hydroxyl groups excluding tert-OH is 1. The number of benzene rings is 1. The average molecular weight is 398 g/mol. The number of pyridine rings is 1. The molecule has 3 N–H and O–H groups in total. The number of amides is 2. The van der Waals surface area contributed by atoms with Crippen LogP contribution in [0.2, 0.25) is 10.0 Å². The Bertz CT molecular complexity index is 855. The summed E-state index contributed by atoms with van der Waals surface area (Å²) in [6.45, 7) is -0.254. The van der Waals surface area contributed by atoms with Gasteiger partial charge in [-0.15, -0.1) is 0 Å². The van der Waals surface area contributed by atoms with Crippen LogP contribution in [-0.4, -0.2) is 28.1 Å². The van der Waals surface area contributed by atoms with Crippen molar-refractivity contribution >= 4 is 46.5 Å². The number of alkyl halides is 1. The first-order valence-electron chi connectivity index (χ1n) is 7.70. The van der Waals surface area contributed by atoms with Crippen LogP contribution in [0.1, 0.15) is 22.3 Å². The first-order valence-corrected chi connectivity index (χ1v) is 8.45. The van der Waals surface area contributed by atoms with E-state index in [1.807, 2.05) is 0 Å². The molecule has 1 aromatic heterocycles. The van der Waals surface area contributed by atoms with Crippen LogP contribution in [0, 0.1) is 5.92 Å². The Morgan fingerprint density at radius 2 is 1.88 bits per heavy atom. The second-order valence-electron chi connectivity index (χ2n) is 5.82. The van der Waals surface area contributed by atoms with E-state index >= 15 is 0 Å². The van der Waals surface area contributed by atoms with E-state index in [0.29, 0.717) is 11.3 Å². The first kappa shape index (κ1) is 18.6. The van der Waals surface area contributed by atoms with Crippen LogP contribution >= 0.6 is 23.2 Å². The summed E-state index contributed by atoms with van der Waals surface area (Å²) >= 11 is 12.1. The highest BCUT2D eigenvalue weighted by molar-refractivity contribution is 6.40. The van der Waals surface area contributed by atoms with Crippen LogP contribution in [0.25, 0.3) is 0 Å². The fraction of sp³-hybridized carbons (Fsp3) is 0.235. The minimum atomic E-state index is -1.11. The van der Waals surface area contributed by atoms with E-state index < -0.39 is 23.9 Å². The van der Waals surface area contributed by atoms with Gasteiger partial charge in [-0.25, -0.2) is 9.37 Å². The summed E-state index contributed by atoms with van der Waals surface area (Å²) in [5.41, 5.74) is 0.897. The second-order valence-corrected chi connectivity index (χ2v) is 6.64. The molecule has 26 heavy (non-hydrogen) atoms. The lowest BCUT2D eigenvalue weighted by atomic mass is 10.1. The van der Waals surface area contributed by atoms with Crippen LogP contribution in [0.3, 0.4) is 0 Å². The Morgan fingerprint density at radius 1 is 1.23 bits per heavy atom. The Morgan fingerprint density at radius 3 is 2.46 bits per heavy atom. The van der Waals surface area contributed by atoms with Crippen molar-refractivity contribution in [2.75, 3.05) is 10.6 Å². The molecule has 1 aliphatic carbocycles. The van der Waals surface area contributed by atoms with Gasteiger partial charge in [-0.1, -0.05) is 23.2 Å². The lowest BCUT2D eigenvalue weighted by molar-refractivity contribution is -0.117. The summed E-state index contributed by atoms with van der Waals surface area (Å²) in [4.78, 5) is 28.2. The maximum absolute atomic E-state index is 12.9. The van der Waals surface area contributed by atoms with Gasteiger partial charge >= 0.3 is 0 Å².